The summed E-state index contributed by atoms with van der Waals surface area (Å²) in [6, 6.07) is 0. The van der Waals surface area contributed by atoms with E-state index >= 15 is 0 Å². The molecule has 0 bridgehead atoms. The van der Waals surface area contributed by atoms with Crippen LogP contribution in [0.1, 0.15) is 80.1 Å². The highest BCUT2D eigenvalue weighted by atomic mass is 17.2. The van der Waals surface area contributed by atoms with Gasteiger partial charge in [-0.25, -0.2) is 30.4 Å². The second-order valence-corrected chi connectivity index (χ2v) is 8.11. The number of nitrogens with two attached hydrogens (primary N) is 1. The summed E-state index contributed by atoms with van der Waals surface area (Å²) in [5.74, 6) is 4.80. The van der Waals surface area contributed by atoms with E-state index in [0.29, 0.717) is 43.9 Å². The van der Waals surface area contributed by atoms with Crippen LogP contribution in [0.3, 0.4) is 0 Å². The van der Waals surface area contributed by atoms with Gasteiger partial charge < -0.3 is 0 Å². The van der Waals surface area contributed by atoms with E-state index in [1.54, 1.807) is 0 Å². The van der Waals surface area contributed by atoms with Crippen LogP contribution in [0.5, 0.6) is 0 Å². The minimum absolute atomic E-state index is 0.198. The Balaban J connectivity index is 3.73. The highest BCUT2D eigenvalue weighted by Crippen LogP contribution is 2.09. The quantitative estimate of drug-likeness (QED) is 0.184. The molecule has 26 heavy (non-hydrogen) atoms. The van der Waals surface area contributed by atoms with Gasteiger partial charge in [0.15, 0.2) is 0 Å². The summed E-state index contributed by atoms with van der Waals surface area (Å²) in [5.41, 5.74) is -0.722. The molecule has 0 fully saturated rings. The molecule has 0 atom stereocenters. The van der Waals surface area contributed by atoms with Crippen molar-refractivity contribution in [3.8, 4) is 0 Å². The van der Waals surface area contributed by atoms with Crippen LogP contribution >= 0.6 is 0 Å². The van der Waals surface area contributed by atoms with Crippen LogP contribution in [-0.2, 0) is 29.1 Å². The third-order valence-corrected chi connectivity index (χ3v) is 2.89. The van der Waals surface area contributed by atoms with Crippen LogP contribution in [0, 0.1) is 0 Å². The van der Waals surface area contributed by atoms with Crippen LogP contribution in [0.25, 0.3) is 0 Å². The molecule has 154 valence electrons. The highest BCUT2D eigenvalue weighted by molar-refractivity contribution is 5.94. The van der Waals surface area contributed by atoms with Crippen molar-refractivity contribution in [2.45, 2.75) is 91.3 Å². The Bertz CT molecular complexity index is 377. The lowest BCUT2D eigenvalue weighted by molar-refractivity contribution is -0.348. The predicted molar refractivity (Wildman–Crippen MR) is 97.3 cm³/mol. The molecule has 0 heterocycles. The minimum atomic E-state index is -0.390. The number of imide groups is 1. The molecule has 0 aliphatic rings. The number of amides is 2. The molecule has 0 aromatic heterocycles. The second kappa shape index (κ2) is 12.3. The molecule has 0 saturated heterocycles. The predicted octanol–water partition coefficient (Wildman–Crippen LogP) is 3.05. The van der Waals surface area contributed by atoms with Gasteiger partial charge in [0, 0.05) is 12.8 Å². The third kappa shape index (κ3) is 15.2. The lowest BCUT2D eigenvalue weighted by atomic mass is 10.2. The van der Waals surface area contributed by atoms with Crippen molar-refractivity contribution in [1.82, 2.24) is 5.01 Å². The lowest BCUT2D eigenvalue weighted by Gasteiger charge is -2.18. The van der Waals surface area contributed by atoms with Gasteiger partial charge in [-0.2, -0.15) is 0 Å². The van der Waals surface area contributed by atoms with Crippen molar-refractivity contribution in [2.24, 2.45) is 5.84 Å². The number of carbonyl (C=O) groups is 2. The number of rotatable bonds is 12. The van der Waals surface area contributed by atoms with Gasteiger partial charge >= 0.3 is 0 Å². The summed E-state index contributed by atoms with van der Waals surface area (Å²) in [6.07, 6.45) is 2.84. The Hall–Kier alpha value is -1.06. The second-order valence-electron chi connectivity index (χ2n) is 8.11. The van der Waals surface area contributed by atoms with Crippen LogP contribution < -0.4 is 5.84 Å². The van der Waals surface area contributed by atoms with Crippen molar-refractivity contribution >= 4 is 11.8 Å². The van der Waals surface area contributed by atoms with Gasteiger partial charge in [-0.15, -0.1) is 0 Å². The van der Waals surface area contributed by atoms with Crippen LogP contribution in [0.2, 0.25) is 0 Å². The summed E-state index contributed by atoms with van der Waals surface area (Å²) in [5, 5.41) is 0.707. The molecule has 8 heteroatoms. The molecule has 2 N–H and O–H groups in total. The molecule has 0 spiro atoms. The first-order chi connectivity index (χ1) is 11.9. The molecule has 0 unspecified atom stereocenters. The fourth-order valence-corrected chi connectivity index (χ4v) is 1.69. The summed E-state index contributed by atoms with van der Waals surface area (Å²) >= 11 is 0. The van der Waals surface area contributed by atoms with E-state index in [1.807, 2.05) is 41.5 Å². The number of hydrogen-bond donors (Lipinski definition) is 1. The maximum absolute atomic E-state index is 11.9. The summed E-state index contributed by atoms with van der Waals surface area (Å²) in [7, 11) is 0. The van der Waals surface area contributed by atoms with E-state index in [4.69, 9.17) is 25.4 Å². The smallest absolute Gasteiger partial charge is 0.243 e. The van der Waals surface area contributed by atoms with Gasteiger partial charge in [0.1, 0.15) is 0 Å². The SMILES string of the molecule is CC(C)(C)OOCCCCC(=O)N(N)C(=O)CCCCOOC(C)(C)C. The van der Waals surface area contributed by atoms with E-state index < -0.39 is 0 Å². The number of carbonyl (C=O) groups excluding carboxylic acids is 2. The van der Waals surface area contributed by atoms with Crippen molar-refractivity contribution < 1.29 is 29.1 Å². The van der Waals surface area contributed by atoms with Crippen molar-refractivity contribution in [1.29, 1.82) is 0 Å². The number of nitrogens with zero attached hydrogens (tertiary/aromatic N) is 1. The minimum Gasteiger partial charge on any atom is -0.273 e. The molecule has 0 aromatic rings. The van der Waals surface area contributed by atoms with E-state index in [1.165, 1.54) is 0 Å². The van der Waals surface area contributed by atoms with Crippen molar-refractivity contribution in [3.63, 3.8) is 0 Å². The van der Waals surface area contributed by atoms with Gasteiger partial charge in [-0.3, -0.25) is 9.59 Å². The van der Waals surface area contributed by atoms with E-state index in [-0.39, 0.29) is 35.9 Å². The molecule has 0 aliphatic heterocycles. The molecule has 8 nitrogen and oxygen atoms in total. The van der Waals surface area contributed by atoms with E-state index in [2.05, 4.69) is 0 Å². The molecule has 0 aliphatic carbocycles. The Morgan fingerprint density at radius 3 is 1.38 bits per heavy atom. The topological polar surface area (TPSA) is 100 Å². The first kappa shape index (κ1) is 24.9. The Labute approximate surface area is 157 Å². The lowest BCUT2D eigenvalue weighted by Crippen LogP contribution is -2.42. The number of hydrogen-bond acceptors (Lipinski definition) is 7. The molecule has 0 saturated carbocycles. The van der Waals surface area contributed by atoms with Crippen LogP contribution in [0.15, 0.2) is 0 Å². The van der Waals surface area contributed by atoms with Crippen LogP contribution in [0.4, 0.5) is 0 Å². The third-order valence-electron chi connectivity index (χ3n) is 2.89. The summed E-state index contributed by atoms with van der Waals surface area (Å²) < 4.78 is 0. The molecule has 0 rings (SSSR count). The van der Waals surface area contributed by atoms with Crippen molar-refractivity contribution in [2.75, 3.05) is 13.2 Å². The first-order valence-electron chi connectivity index (χ1n) is 9.14. The maximum atomic E-state index is 11.9. The van der Waals surface area contributed by atoms with Gasteiger partial charge in [0.05, 0.1) is 24.4 Å². The molecule has 0 aromatic carbocycles. The Kier molecular flexibility index (Phi) is 11.8. The Morgan fingerprint density at radius 1 is 0.731 bits per heavy atom. The fraction of sp³-hybridized carbons (Fsp3) is 0.889. The molecule has 2 amide bonds. The first-order valence-corrected chi connectivity index (χ1v) is 9.14. The standard InChI is InChI=1S/C18H36N2O6/c1-17(2,3)25-23-13-9-7-11-15(21)20(19)16(22)12-8-10-14-24-26-18(4,5)6/h7-14,19H2,1-6H3. The highest BCUT2D eigenvalue weighted by Gasteiger charge is 2.17. The fourth-order valence-electron chi connectivity index (χ4n) is 1.69. The molecular formula is C18H36N2O6. The zero-order valence-corrected chi connectivity index (χ0v) is 17.1. The average Bonchev–Trinajstić information content (AvgIpc) is 2.50. The zero-order valence-electron chi connectivity index (χ0n) is 17.1. The van der Waals surface area contributed by atoms with E-state index in [9.17, 15) is 9.59 Å². The van der Waals surface area contributed by atoms with Gasteiger partial charge in [0.25, 0.3) is 0 Å². The van der Waals surface area contributed by atoms with Crippen LogP contribution in [-0.4, -0.2) is 41.2 Å². The monoisotopic (exact) mass is 376 g/mol. The van der Waals surface area contributed by atoms with Gasteiger partial charge in [-0.1, -0.05) is 0 Å². The van der Waals surface area contributed by atoms with Gasteiger partial charge in [0.2, 0.25) is 11.8 Å². The maximum Gasteiger partial charge on any atom is 0.243 e. The normalized spacial score (nSPS) is 12.3. The summed E-state index contributed by atoms with van der Waals surface area (Å²) in [4.78, 5) is 44.1. The van der Waals surface area contributed by atoms with Gasteiger partial charge in [-0.05, 0) is 67.2 Å². The largest absolute Gasteiger partial charge is 0.273 e. The average molecular weight is 376 g/mol. The number of hydrazine groups is 1. The number of unbranched alkanes of at least 4 members (excludes halogenated alkanes) is 2. The zero-order chi connectivity index (χ0) is 20.2. The van der Waals surface area contributed by atoms with Crippen molar-refractivity contribution in [3.05, 3.63) is 0 Å². The molecule has 0 radical (unpaired) electrons. The Morgan fingerprint density at radius 2 is 1.08 bits per heavy atom. The molecular weight excluding hydrogens is 340 g/mol. The van der Waals surface area contributed by atoms with E-state index in [0.717, 1.165) is 0 Å². The summed E-state index contributed by atoms with van der Waals surface area (Å²) in [6.45, 7) is 12.1.